The molecule has 0 N–H and O–H groups in total. The van der Waals surface area contributed by atoms with Crippen LogP contribution < -0.4 is 0 Å². The van der Waals surface area contributed by atoms with Crippen molar-refractivity contribution in [2.75, 3.05) is 6.61 Å². The third-order valence-corrected chi connectivity index (χ3v) is 2.89. The van der Waals surface area contributed by atoms with E-state index >= 15 is 0 Å². The minimum atomic E-state index is -4.57. The van der Waals surface area contributed by atoms with E-state index in [0.717, 1.165) is 16.2 Å². The molecule has 94 valence electrons. The minimum Gasteiger partial charge on any atom is -0.463 e. The Labute approximate surface area is 101 Å². The number of rotatable bonds is 3. The number of allylic oxidation sites excluding steroid dienone is 1. The summed E-state index contributed by atoms with van der Waals surface area (Å²) in [4.78, 5) is 11.9. The molecule has 1 heterocycles. The summed E-state index contributed by atoms with van der Waals surface area (Å²) in [5.74, 6) is -0.981. The van der Waals surface area contributed by atoms with Crippen LogP contribution in [-0.2, 0) is 9.53 Å². The summed E-state index contributed by atoms with van der Waals surface area (Å²) in [6.45, 7) is 3.28. The molecule has 17 heavy (non-hydrogen) atoms. The van der Waals surface area contributed by atoms with Gasteiger partial charge in [0.05, 0.1) is 12.2 Å². The van der Waals surface area contributed by atoms with E-state index in [0.29, 0.717) is 6.08 Å². The van der Waals surface area contributed by atoms with E-state index in [1.165, 1.54) is 13.0 Å². The lowest BCUT2D eigenvalue weighted by Gasteiger charge is -2.09. The largest absolute Gasteiger partial charge is 0.463 e. The van der Waals surface area contributed by atoms with Crippen LogP contribution in [0.25, 0.3) is 5.57 Å². The Bertz CT molecular complexity index is 432. The highest BCUT2D eigenvalue weighted by Crippen LogP contribution is 2.37. The maximum absolute atomic E-state index is 12.7. The van der Waals surface area contributed by atoms with Gasteiger partial charge in [-0.15, -0.1) is 11.3 Å². The van der Waals surface area contributed by atoms with Gasteiger partial charge in [0.25, 0.3) is 0 Å². The highest BCUT2D eigenvalue weighted by molar-refractivity contribution is 7.13. The molecule has 0 spiro atoms. The van der Waals surface area contributed by atoms with Crippen molar-refractivity contribution in [3.63, 3.8) is 0 Å². The molecular weight excluding hydrogens is 253 g/mol. The van der Waals surface area contributed by atoms with E-state index in [-0.39, 0.29) is 11.5 Å². The van der Waals surface area contributed by atoms with Gasteiger partial charge in [0.2, 0.25) is 0 Å². The first kappa shape index (κ1) is 13.8. The zero-order valence-electron chi connectivity index (χ0n) is 9.30. The Hall–Kier alpha value is -1.30. The van der Waals surface area contributed by atoms with Gasteiger partial charge in [-0.25, -0.2) is 4.79 Å². The van der Waals surface area contributed by atoms with Crippen molar-refractivity contribution in [2.24, 2.45) is 0 Å². The van der Waals surface area contributed by atoms with Crippen LogP contribution in [0.5, 0.6) is 0 Å². The molecule has 0 atom stereocenters. The van der Waals surface area contributed by atoms with Crippen molar-refractivity contribution in [1.82, 2.24) is 0 Å². The van der Waals surface area contributed by atoms with Crippen molar-refractivity contribution in [3.05, 3.63) is 28.0 Å². The second-order valence-corrected chi connectivity index (χ2v) is 4.51. The van der Waals surface area contributed by atoms with Crippen LogP contribution in [0.1, 0.15) is 16.7 Å². The lowest BCUT2D eigenvalue weighted by Crippen LogP contribution is -2.12. The van der Waals surface area contributed by atoms with Gasteiger partial charge in [0.1, 0.15) is 0 Å². The Morgan fingerprint density at radius 2 is 2.12 bits per heavy atom. The maximum Gasteiger partial charge on any atom is 0.418 e. The highest BCUT2D eigenvalue weighted by atomic mass is 32.1. The van der Waals surface area contributed by atoms with E-state index < -0.39 is 17.7 Å². The molecule has 0 saturated carbocycles. The Balaban J connectivity index is 3.09. The second-order valence-electron chi connectivity index (χ2n) is 3.22. The number of hydrogen-bond donors (Lipinski definition) is 0. The van der Waals surface area contributed by atoms with Crippen molar-refractivity contribution < 1.29 is 22.7 Å². The molecule has 0 aliphatic heterocycles. The number of carbonyl (C=O) groups is 1. The molecule has 1 aromatic heterocycles. The molecule has 1 rings (SSSR count). The Morgan fingerprint density at radius 3 is 2.53 bits per heavy atom. The van der Waals surface area contributed by atoms with Gasteiger partial charge < -0.3 is 4.74 Å². The first-order valence-corrected chi connectivity index (χ1v) is 5.68. The molecular formula is C11H11F3O2S. The molecule has 0 bridgehead atoms. The molecule has 0 saturated heterocycles. The monoisotopic (exact) mass is 264 g/mol. The van der Waals surface area contributed by atoms with Crippen LogP contribution in [0.4, 0.5) is 13.2 Å². The topological polar surface area (TPSA) is 26.3 Å². The zero-order chi connectivity index (χ0) is 13.1. The standard InChI is InChI=1S/C11H11F3O2S/c1-3-16-10(15)6-8(11(12,13)14)9-5-4-7(2)17-9/h4-6H,3H2,1-2H3/b8-6+. The average Bonchev–Trinajstić information content (AvgIpc) is 2.59. The number of halogens is 3. The van der Waals surface area contributed by atoms with Crippen LogP contribution in [-0.4, -0.2) is 18.8 Å². The van der Waals surface area contributed by atoms with Crippen LogP contribution in [0.2, 0.25) is 0 Å². The van der Waals surface area contributed by atoms with Crippen LogP contribution in [0, 0.1) is 6.92 Å². The normalized spacial score (nSPS) is 12.6. The first-order chi connectivity index (χ1) is 7.84. The summed E-state index contributed by atoms with van der Waals surface area (Å²) >= 11 is 0.987. The van der Waals surface area contributed by atoms with E-state index in [4.69, 9.17) is 0 Å². The van der Waals surface area contributed by atoms with E-state index in [2.05, 4.69) is 4.74 Å². The number of carbonyl (C=O) groups excluding carboxylic acids is 1. The summed E-state index contributed by atoms with van der Waals surface area (Å²) in [5.41, 5.74) is -0.964. The van der Waals surface area contributed by atoms with E-state index in [1.54, 1.807) is 13.0 Å². The van der Waals surface area contributed by atoms with Crippen molar-refractivity contribution in [3.8, 4) is 0 Å². The number of alkyl halides is 3. The summed E-state index contributed by atoms with van der Waals surface area (Å²) in [7, 11) is 0. The Morgan fingerprint density at radius 1 is 1.47 bits per heavy atom. The van der Waals surface area contributed by atoms with Crippen LogP contribution in [0.3, 0.4) is 0 Å². The molecule has 0 aromatic carbocycles. The molecule has 0 amide bonds. The molecule has 1 aromatic rings. The smallest absolute Gasteiger partial charge is 0.418 e. The predicted molar refractivity (Wildman–Crippen MR) is 59.7 cm³/mol. The molecule has 0 aliphatic rings. The summed E-state index contributed by atoms with van der Waals surface area (Å²) in [6.07, 6.45) is -4.07. The maximum atomic E-state index is 12.7. The van der Waals surface area contributed by atoms with E-state index in [1.807, 2.05) is 0 Å². The summed E-state index contributed by atoms with van der Waals surface area (Å²) in [5, 5.41) is 0. The minimum absolute atomic E-state index is 0.0167. The molecule has 0 unspecified atom stereocenters. The molecule has 6 heteroatoms. The average molecular weight is 264 g/mol. The summed E-state index contributed by atoms with van der Waals surface area (Å²) in [6, 6.07) is 2.92. The lowest BCUT2D eigenvalue weighted by molar-refractivity contribution is -0.137. The van der Waals surface area contributed by atoms with Gasteiger partial charge in [-0.3, -0.25) is 0 Å². The van der Waals surface area contributed by atoms with Crippen LogP contribution in [0.15, 0.2) is 18.2 Å². The number of thiophene rings is 1. The van der Waals surface area contributed by atoms with Crippen molar-refractivity contribution >= 4 is 22.9 Å². The van der Waals surface area contributed by atoms with Gasteiger partial charge in [-0.2, -0.15) is 13.2 Å². The number of aryl methyl sites for hydroxylation is 1. The van der Waals surface area contributed by atoms with Gasteiger partial charge in [0, 0.05) is 15.8 Å². The van der Waals surface area contributed by atoms with E-state index in [9.17, 15) is 18.0 Å². The molecule has 2 nitrogen and oxygen atoms in total. The van der Waals surface area contributed by atoms with Crippen molar-refractivity contribution in [1.29, 1.82) is 0 Å². The molecule has 0 fully saturated rings. The lowest BCUT2D eigenvalue weighted by atomic mass is 10.2. The predicted octanol–water partition coefficient (Wildman–Crippen LogP) is 3.57. The zero-order valence-corrected chi connectivity index (χ0v) is 10.1. The number of hydrogen-bond acceptors (Lipinski definition) is 3. The second kappa shape index (κ2) is 5.35. The summed E-state index contributed by atoms with van der Waals surface area (Å²) < 4.78 is 42.7. The fourth-order valence-corrected chi connectivity index (χ4v) is 2.08. The fraction of sp³-hybridized carbons (Fsp3) is 0.364. The fourth-order valence-electron chi connectivity index (χ4n) is 1.17. The third kappa shape index (κ3) is 3.89. The van der Waals surface area contributed by atoms with Gasteiger partial charge >= 0.3 is 12.1 Å². The molecule has 0 radical (unpaired) electrons. The van der Waals surface area contributed by atoms with Gasteiger partial charge in [-0.1, -0.05) is 0 Å². The first-order valence-electron chi connectivity index (χ1n) is 4.87. The van der Waals surface area contributed by atoms with Gasteiger partial charge in [0.15, 0.2) is 0 Å². The van der Waals surface area contributed by atoms with Gasteiger partial charge in [-0.05, 0) is 26.0 Å². The van der Waals surface area contributed by atoms with Crippen molar-refractivity contribution in [2.45, 2.75) is 20.0 Å². The quantitative estimate of drug-likeness (QED) is 0.616. The third-order valence-electron chi connectivity index (χ3n) is 1.86. The highest BCUT2D eigenvalue weighted by Gasteiger charge is 2.36. The van der Waals surface area contributed by atoms with Crippen LogP contribution >= 0.6 is 11.3 Å². The number of ether oxygens (including phenoxy) is 1. The molecule has 0 aliphatic carbocycles. The SMILES string of the molecule is CCOC(=O)/C=C(\c1ccc(C)s1)C(F)(F)F. The number of esters is 1. The Kier molecular flexibility index (Phi) is 4.34.